The molecule has 0 saturated heterocycles. The molecule has 0 aliphatic heterocycles. The molecule has 1 unspecified atom stereocenters. The molecule has 0 aliphatic rings. The molecule has 2 rings (SSSR count). The van der Waals surface area contributed by atoms with Crippen molar-refractivity contribution in [2.24, 2.45) is 10.9 Å². The van der Waals surface area contributed by atoms with Gasteiger partial charge in [-0.15, -0.1) is 0 Å². The number of benzene rings is 2. The molecule has 0 saturated carbocycles. The van der Waals surface area contributed by atoms with Crippen LogP contribution in [0.2, 0.25) is 10.0 Å². The van der Waals surface area contributed by atoms with Gasteiger partial charge in [-0.1, -0.05) is 41.4 Å². The zero-order valence-corrected chi connectivity index (χ0v) is 15.9. The lowest BCUT2D eigenvalue weighted by Gasteiger charge is -2.12. The number of carbonyl (C=O) groups is 2. The predicted octanol–water partition coefficient (Wildman–Crippen LogP) is 4.81. The van der Waals surface area contributed by atoms with Crippen molar-refractivity contribution < 1.29 is 23.6 Å². The number of para-hydroxylation sites is 1. The van der Waals surface area contributed by atoms with Crippen LogP contribution in [0.25, 0.3) is 0 Å². The number of halogens is 3. The number of ether oxygens (including phenoxy) is 1. The van der Waals surface area contributed by atoms with Crippen molar-refractivity contribution in [1.82, 2.24) is 0 Å². The average Bonchev–Trinajstić information content (AvgIpc) is 2.65. The molecule has 0 aromatic heterocycles. The second kappa shape index (κ2) is 9.38. The zero-order valence-electron chi connectivity index (χ0n) is 14.4. The molecule has 0 aliphatic carbocycles. The Morgan fingerprint density at radius 3 is 2.50 bits per heavy atom. The number of carbonyl (C=O) groups excluding carboxylic acids is 2. The largest absolute Gasteiger partial charge is 0.465 e. The number of nitro benzene ring substituents is 1. The lowest BCUT2D eigenvalue weighted by atomic mass is 9.97. The summed E-state index contributed by atoms with van der Waals surface area (Å²) in [7, 11) is 0. The molecule has 0 amide bonds. The number of Topliss-reactive ketones (excluding diaryl/α,β-unsaturated/α-hetero) is 1. The van der Waals surface area contributed by atoms with Crippen molar-refractivity contribution in [2.75, 3.05) is 6.61 Å². The van der Waals surface area contributed by atoms with Crippen LogP contribution < -0.4 is 0 Å². The van der Waals surface area contributed by atoms with Crippen LogP contribution in [0.3, 0.4) is 0 Å². The van der Waals surface area contributed by atoms with Crippen LogP contribution >= 0.6 is 23.2 Å². The summed E-state index contributed by atoms with van der Waals surface area (Å²) in [6.07, 6.45) is 1.02. The van der Waals surface area contributed by atoms with Gasteiger partial charge in [0.05, 0.1) is 17.2 Å². The van der Waals surface area contributed by atoms with Gasteiger partial charge in [0.2, 0.25) is 0 Å². The summed E-state index contributed by atoms with van der Waals surface area (Å²) >= 11 is 11.5. The van der Waals surface area contributed by atoms with Crippen molar-refractivity contribution in [3.8, 4) is 0 Å². The number of esters is 1. The van der Waals surface area contributed by atoms with Gasteiger partial charge in [0.15, 0.2) is 16.7 Å². The first-order valence-corrected chi connectivity index (χ1v) is 8.65. The molecule has 1 atom stereocenters. The Morgan fingerprint density at radius 2 is 1.93 bits per heavy atom. The SMILES string of the molecule is CCOC(=O)C(C=Nc1ccccc1)C(=O)c1cc(F)c(Cl)c([N+](=O)[O-])c1Cl. The van der Waals surface area contributed by atoms with Gasteiger partial charge >= 0.3 is 11.7 Å². The summed E-state index contributed by atoms with van der Waals surface area (Å²) in [6, 6.07) is 9.04. The van der Waals surface area contributed by atoms with Crippen LogP contribution in [0, 0.1) is 21.8 Å². The number of ketones is 1. The van der Waals surface area contributed by atoms with Crippen molar-refractivity contribution in [3.63, 3.8) is 0 Å². The molecule has 0 N–H and O–H groups in total. The molecular formula is C18H13Cl2FN2O5. The van der Waals surface area contributed by atoms with E-state index in [-0.39, 0.29) is 6.61 Å². The van der Waals surface area contributed by atoms with Crippen molar-refractivity contribution in [1.29, 1.82) is 0 Å². The van der Waals surface area contributed by atoms with E-state index in [0.29, 0.717) is 11.8 Å². The highest BCUT2D eigenvalue weighted by molar-refractivity contribution is 6.41. The van der Waals surface area contributed by atoms with E-state index in [1.807, 2.05) is 0 Å². The van der Waals surface area contributed by atoms with E-state index < -0.39 is 49.7 Å². The van der Waals surface area contributed by atoms with Crippen LogP contribution in [0.15, 0.2) is 41.4 Å². The molecule has 146 valence electrons. The summed E-state index contributed by atoms with van der Waals surface area (Å²) < 4.78 is 18.9. The zero-order chi connectivity index (χ0) is 20.8. The summed E-state index contributed by atoms with van der Waals surface area (Å²) in [5, 5.41) is 9.61. The summed E-state index contributed by atoms with van der Waals surface area (Å²) in [6.45, 7) is 1.51. The topological polar surface area (TPSA) is 98.9 Å². The molecule has 0 heterocycles. The number of aliphatic imine (C=N–C) groups is 1. The van der Waals surface area contributed by atoms with E-state index in [1.165, 1.54) is 6.92 Å². The van der Waals surface area contributed by atoms with Gasteiger partial charge in [-0.25, -0.2) is 4.39 Å². The minimum Gasteiger partial charge on any atom is -0.465 e. The number of rotatable bonds is 7. The molecule has 2 aromatic rings. The van der Waals surface area contributed by atoms with Gasteiger partial charge in [0.25, 0.3) is 0 Å². The Hall–Kier alpha value is -2.84. The van der Waals surface area contributed by atoms with Crippen LogP contribution in [0.4, 0.5) is 15.8 Å². The Labute approximate surface area is 168 Å². The number of nitro groups is 1. The second-order valence-electron chi connectivity index (χ2n) is 5.35. The summed E-state index contributed by atoms with van der Waals surface area (Å²) in [5.41, 5.74) is -1.09. The van der Waals surface area contributed by atoms with Crippen LogP contribution in [-0.4, -0.2) is 29.5 Å². The van der Waals surface area contributed by atoms with Gasteiger partial charge in [-0.05, 0) is 25.1 Å². The Balaban J connectivity index is 2.52. The van der Waals surface area contributed by atoms with Gasteiger partial charge in [0.1, 0.15) is 10.8 Å². The van der Waals surface area contributed by atoms with Crippen molar-refractivity contribution in [3.05, 3.63) is 67.9 Å². The first-order chi connectivity index (χ1) is 13.3. The average molecular weight is 427 g/mol. The van der Waals surface area contributed by atoms with Gasteiger partial charge in [0, 0.05) is 11.8 Å². The third-order valence-electron chi connectivity index (χ3n) is 3.53. The van der Waals surface area contributed by atoms with E-state index in [2.05, 4.69) is 4.99 Å². The number of hydrogen-bond acceptors (Lipinski definition) is 6. The molecule has 0 radical (unpaired) electrons. The highest BCUT2D eigenvalue weighted by Gasteiger charge is 2.34. The van der Waals surface area contributed by atoms with Gasteiger partial charge in [-0.3, -0.25) is 24.7 Å². The number of hydrogen-bond donors (Lipinski definition) is 0. The van der Waals surface area contributed by atoms with E-state index in [1.54, 1.807) is 30.3 Å². The fraction of sp³-hybridized carbons (Fsp3) is 0.167. The summed E-state index contributed by atoms with van der Waals surface area (Å²) in [5.74, 6) is -4.77. The quantitative estimate of drug-likeness (QED) is 0.120. The highest BCUT2D eigenvalue weighted by atomic mass is 35.5. The van der Waals surface area contributed by atoms with E-state index in [4.69, 9.17) is 27.9 Å². The maximum Gasteiger partial charge on any atom is 0.322 e. The molecular weight excluding hydrogens is 414 g/mol. The first-order valence-electron chi connectivity index (χ1n) is 7.89. The van der Waals surface area contributed by atoms with E-state index in [9.17, 15) is 24.1 Å². The van der Waals surface area contributed by atoms with E-state index >= 15 is 0 Å². The van der Waals surface area contributed by atoms with Crippen LogP contribution in [-0.2, 0) is 9.53 Å². The Bertz CT molecular complexity index is 951. The first kappa shape index (κ1) is 21.5. The molecule has 10 heteroatoms. The molecule has 2 aromatic carbocycles. The van der Waals surface area contributed by atoms with Crippen LogP contribution in [0.1, 0.15) is 17.3 Å². The lowest BCUT2D eigenvalue weighted by Crippen LogP contribution is -2.28. The van der Waals surface area contributed by atoms with Gasteiger partial charge in [-0.2, -0.15) is 0 Å². The standard InChI is InChI=1S/C18H13Cl2FN2O5/c1-2-28-18(25)12(9-22-10-6-4-3-5-7-10)17(24)11-8-13(21)15(20)16(14(11)19)23(26)27/h3-9,12H,2H2,1H3. The lowest BCUT2D eigenvalue weighted by molar-refractivity contribution is -0.384. The smallest absolute Gasteiger partial charge is 0.322 e. The van der Waals surface area contributed by atoms with Crippen LogP contribution in [0.5, 0.6) is 0 Å². The minimum atomic E-state index is -1.59. The maximum atomic E-state index is 14.0. The minimum absolute atomic E-state index is 0.0232. The molecule has 0 spiro atoms. The molecule has 0 fully saturated rings. The third kappa shape index (κ3) is 4.71. The number of nitrogens with zero attached hydrogens (tertiary/aromatic N) is 2. The Morgan fingerprint density at radius 1 is 1.29 bits per heavy atom. The third-order valence-corrected chi connectivity index (χ3v) is 4.28. The van der Waals surface area contributed by atoms with Crippen molar-refractivity contribution in [2.45, 2.75) is 6.92 Å². The Kier molecular flexibility index (Phi) is 7.19. The maximum absolute atomic E-state index is 14.0. The predicted molar refractivity (Wildman–Crippen MR) is 102 cm³/mol. The highest BCUT2D eigenvalue weighted by Crippen LogP contribution is 2.38. The fourth-order valence-electron chi connectivity index (χ4n) is 2.24. The molecule has 7 nitrogen and oxygen atoms in total. The van der Waals surface area contributed by atoms with Gasteiger partial charge < -0.3 is 4.74 Å². The molecule has 28 heavy (non-hydrogen) atoms. The van der Waals surface area contributed by atoms with E-state index in [0.717, 1.165) is 6.21 Å². The normalized spacial score (nSPS) is 12.0. The fourth-order valence-corrected chi connectivity index (χ4v) is 2.82. The summed E-state index contributed by atoms with van der Waals surface area (Å²) in [4.78, 5) is 39.2. The molecule has 0 bridgehead atoms. The second-order valence-corrected chi connectivity index (χ2v) is 6.10. The monoisotopic (exact) mass is 426 g/mol. The van der Waals surface area contributed by atoms with Crippen molar-refractivity contribution >= 4 is 52.5 Å².